The van der Waals surface area contributed by atoms with Crippen molar-refractivity contribution in [3.8, 4) is 0 Å². The van der Waals surface area contributed by atoms with E-state index in [9.17, 15) is 14.7 Å². The second-order valence-electron chi connectivity index (χ2n) is 5.63. The number of likely N-dealkylation sites (tertiary alicyclic amines) is 1. The molecular formula is C19H22NO3. The summed E-state index contributed by atoms with van der Waals surface area (Å²) >= 11 is 0. The Morgan fingerprint density at radius 3 is 2.74 bits per heavy atom. The average molecular weight is 312 g/mol. The van der Waals surface area contributed by atoms with Crippen molar-refractivity contribution in [3.05, 3.63) is 60.2 Å². The Bertz CT molecular complexity index is 578. The Kier molecular flexibility index (Phi) is 6.76. The predicted octanol–water partition coefficient (Wildman–Crippen LogP) is 2.72. The first kappa shape index (κ1) is 17.2. The summed E-state index contributed by atoms with van der Waals surface area (Å²) in [6.07, 6.45) is 9.25. The molecule has 1 aromatic carbocycles. The predicted molar refractivity (Wildman–Crippen MR) is 88.3 cm³/mol. The van der Waals surface area contributed by atoms with Crippen molar-refractivity contribution in [2.75, 3.05) is 13.2 Å². The van der Waals surface area contributed by atoms with Gasteiger partial charge in [-0.15, -0.1) is 0 Å². The highest BCUT2D eigenvalue weighted by Gasteiger charge is 2.25. The zero-order valence-corrected chi connectivity index (χ0v) is 13.2. The van der Waals surface area contributed by atoms with Crippen LogP contribution in [0.3, 0.4) is 0 Å². The van der Waals surface area contributed by atoms with Gasteiger partial charge in [-0.3, -0.25) is 9.59 Å². The molecule has 0 N–H and O–H groups in total. The molecule has 1 atom stereocenters. The fraction of sp³-hybridized carbons (Fsp3) is 0.368. The first-order valence-corrected chi connectivity index (χ1v) is 7.98. The minimum atomic E-state index is -0.280. The quantitative estimate of drug-likeness (QED) is 0.574. The second kappa shape index (κ2) is 9.06. The number of carbonyl (C=O) groups is 2. The minimum absolute atomic E-state index is 0.0317. The van der Waals surface area contributed by atoms with Crippen molar-refractivity contribution in [2.24, 2.45) is 0 Å². The largest absolute Gasteiger partial charge is 0.333 e. The molecule has 2 rings (SSSR count). The van der Waals surface area contributed by atoms with Crippen LogP contribution < -0.4 is 0 Å². The van der Waals surface area contributed by atoms with E-state index in [-0.39, 0.29) is 24.3 Å². The van der Waals surface area contributed by atoms with Crippen molar-refractivity contribution in [1.29, 1.82) is 0 Å². The standard InChI is InChI=1S/C19H22NO3/c21-14-5-4-13-20-17(9-6-10-19(20)23)11-12-18(22)15-16-7-2-1-3-8-16/h1-5,7-8,11-12,17H,6,9-10,13-15H2/b5-4-,12-11+/t17-/m1/s1. The highest BCUT2D eigenvalue weighted by molar-refractivity contribution is 5.91. The van der Waals surface area contributed by atoms with E-state index in [4.69, 9.17) is 0 Å². The first-order chi connectivity index (χ1) is 11.2. The lowest BCUT2D eigenvalue weighted by molar-refractivity contribution is -0.134. The van der Waals surface area contributed by atoms with Crippen molar-refractivity contribution >= 4 is 11.7 Å². The molecule has 0 aromatic heterocycles. The van der Waals surface area contributed by atoms with Crippen LogP contribution in [0.2, 0.25) is 0 Å². The van der Waals surface area contributed by atoms with Crippen molar-refractivity contribution < 1.29 is 14.7 Å². The third kappa shape index (κ3) is 5.49. The van der Waals surface area contributed by atoms with Crippen LogP contribution in [0, 0.1) is 0 Å². The summed E-state index contributed by atoms with van der Waals surface area (Å²) in [4.78, 5) is 25.8. The number of ketones is 1. The lowest BCUT2D eigenvalue weighted by atomic mass is 10.00. The van der Waals surface area contributed by atoms with Gasteiger partial charge in [0, 0.05) is 19.4 Å². The summed E-state index contributed by atoms with van der Waals surface area (Å²) in [5, 5.41) is 10.5. The van der Waals surface area contributed by atoms with E-state index in [2.05, 4.69) is 0 Å². The minimum Gasteiger partial charge on any atom is -0.333 e. The van der Waals surface area contributed by atoms with Crippen LogP contribution >= 0.6 is 0 Å². The van der Waals surface area contributed by atoms with Gasteiger partial charge in [-0.25, -0.2) is 5.11 Å². The zero-order chi connectivity index (χ0) is 16.5. The van der Waals surface area contributed by atoms with Gasteiger partial charge in [-0.1, -0.05) is 48.6 Å². The van der Waals surface area contributed by atoms with E-state index in [0.717, 1.165) is 18.4 Å². The molecule has 1 aromatic rings. The first-order valence-electron chi connectivity index (χ1n) is 7.98. The van der Waals surface area contributed by atoms with E-state index >= 15 is 0 Å². The molecule has 1 saturated heterocycles. The zero-order valence-electron chi connectivity index (χ0n) is 13.2. The number of rotatable bonds is 7. The van der Waals surface area contributed by atoms with Gasteiger partial charge in [-0.05, 0) is 24.5 Å². The van der Waals surface area contributed by atoms with Gasteiger partial charge in [0.05, 0.1) is 6.04 Å². The topological polar surface area (TPSA) is 57.3 Å². The van der Waals surface area contributed by atoms with E-state index in [1.807, 2.05) is 36.4 Å². The van der Waals surface area contributed by atoms with Crippen molar-refractivity contribution in [1.82, 2.24) is 4.90 Å². The molecular weight excluding hydrogens is 290 g/mol. The summed E-state index contributed by atoms with van der Waals surface area (Å²) in [6, 6.07) is 9.54. The van der Waals surface area contributed by atoms with Gasteiger partial charge in [0.25, 0.3) is 0 Å². The number of benzene rings is 1. The lowest BCUT2D eigenvalue weighted by Gasteiger charge is -2.33. The van der Waals surface area contributed by atoms with Crippen LogP contribution in [0.5, 0.6) is 0 Å². The second-order valence-corrected chi connectivity index (χ2v) is 5.63. The highest BCUT2D eigenvalue weighted by atomic mass is 16.2. The lowest BCUT2D eigenvalue weighted by Crippen LogP contribution is -2.42. The molecule has 4 nitrogen and oxygen atoms in total. The molecule has 1 heterocycles. The van der Waals surface area contributed by atoms with Crippen LogP contribution in [0.15, 0.2) is 54.6 Å². The van der Waals surface area contributed by atoms with Gasteiger partial charge < -0.3 is 4.90 Å². The molecule has 1 amide bonds. The normalized spacial score (nSPS) is 18.9. The van der Waals surface area contributed by atoms with Gasteiger partial charge >= 0.3 is 0 Å². The summed E-state index contributed by atoms with van der Waals surface area (Å²) in [5.74, 6) is 0.112. The smallest absolute Gasteiger partial charge is 0.223 e. The van der Waals surface area contributed by atoms with Crippen molar-refractivity contribution in [3.63, 3.8) is 0 Å². The van der Waals surface area contributed by atoms with E-state index in [1.165, 1.54) is 6.08 Å². The maximum atomic E-state index is 12.1. The molecule has 0 bridgehead atoms. The van der Waals surface area contributed by atoms with Crippen molar-refractivity contribution in [2.45, 2.75) is 31.7 Å². The van der Waals surface area contributed by atoms with Crippen LogP contribution in [-0.2, 0) is 21.1 Å². The Morgan fingerprint density at radius 1 is 1.22 bits per heavy atom. The third-order valence-corrected chi connectivity index (χ3v) is 3.90. The summed E-state index contributed by atoms with van der Waals surface area (Å²) in [5.41, 5.74) is 0.983. The molecule has 0 unspecified atom stereocenters. The SMILES string of the molecule is [O]C/C=C\CN1C(=O)CCC[C@@H]1/C=C/C(=O)Cc1ccccc1. The molecule has 1 aliphatic heterocycles. The number of nitrogens with zero attached hydrogens (tertiary/aromatic N) is 1. The summed E-state index contributed by atoms with van der Waals surface area (Å²) in [7, 11) is 0. The highest BCUT2D eigenvalue weighted by Crippen LogP contribution is 2.19. The number of carbonyl (C=O) groups excluding carboxylic acids is 2. The van der Waals surface area contributed by atoms with Gasteiger partial charge in [0.15, 0.2) is 5.78 Å². The van der Waals surface area contributed by atoms with Gasteiger partial charge in [0.2, 0.25) is 5.91 Å². The molecule has 1 fully saturated rings. The maximum Gasteiger partial charge on any atom is 0.223 e. The molecule has 121 valence electrons. The maximum absolute atomic E-state index is 12.1. The average Bonchev–Trinajstić information content (AvgIpc) is 2.56. The van der Waals surface area contributed by atoms with Crippen LogP contribution in [-0.4, -0.2) is 35.8 Å². The molecule has 0 saturated carbocycles. The Balaban J connectivity index is 1.96. The monoisotopic (exact) mass is 312 g/mol. The van der Waals surface area contributed by atoms with Gasteiger partial charge in [0.1, 0.15) is 6.61 Å². The Labute approximate surface area is 137 Å². The molecule has 1 aliphatic rings. The van der Waals surface area contributed by atoms with Crippen LogP contribution in [0.1, 0.15) is 24.8 Å². The summed E-state index contributed by atoms with van der Waals surface area (Å²) in [6.45, 7) is 0.154. The number of amides is 1. The fourth-order valence-corrected chi connectivity index (χ4v) is 2.71. The number of hydrogen-bond donors (Lipinski definition) is 0. The summed E-state index contributed by atoms with van der Waals surface area (Å²) < 4.78 is 0. The van der Waals surface area contributed by atoms with E-state index in [0.29, 0.717) is 19.4 Å². The third-order valence-electron chi connectivity index (χ3n) is 3.90. The Hall–Kier alpha value is -2.20. The van der Waals surface area contributed by atoms with Crippen LogP contribution in [0.25, 0.3) is 0 Å². The molecule has 1 radical (unpaired) electrons. The molecule has 0 spiro atoms. The molecule has 4 heteroatoms. The number of piperidine rings is 1. The van der Waals surface area contributed by atoms with Crippen LogP contribution in [0.4, 0.5) is 0 Å². The Morgan fingerprint density at radius 2 is 2.00 bits per heavy atom. The number of allylic oxidation sites excluding steroid dienone is 1. The molecule has 0 aliphatic carbocycles. The fourth-order valence-electron chi connectivity index (χ4n) is 2.71. The number of hydrogen-bond acceptors (Lipinski definition) is 2. The van der Waals surface area contributed by atoms with E-state index in [1.54, 1.807) is 17.1 Å². The molecule has 23 heavy (non-hydrogen) atoms. The van der Waals surface area contributed by atoms with Gasteiger partial charge in [-0.2, -0.15) is 0 Å². The van der Waals surface area contributed by atoms with E-state index < -0.39 is 0 Å².